The average Bonchev–Trinajstić information content (AvgIpc) is 2.38. The molecule has 7 heteroatoms. The van der Waals surface area contributed by atoms with Gasteiger partial charge in [-0.2, -0.15) is 0 Å². The third kappa shape index (κ3) is 4.06. The number of amides is 1. The Labute approximate surface area is 116 Å². The van der Waals surface area contributed by atoms with Crippen LogP contribution in [0.5, 0.6) is 0 Å². The first-order valence-corrected chi connectivity index (χ1v) is 7.63. The van der Waals surface area contributed by atoms with E-state index in [0.29, 0.717) is 17.1 Å². The van der Waals surface area contributed by atoms with Crippen molar-refractivity contribution < 1.29 is 13.2 Å². The Balaban J connectivity index is 2.16. The predicted octanol–water partition coefficient (Wildman–Crippen LogP) is 1.71. The molecule has 2 N–H and O–H groups in total. The highest BCUT2D eigenvalue weighted by atomic mass is 32.2. The molecule has 6 nitrogen and oxygen atoms in total. The van der Waals surface area contributed by atoms with Crippen LogP contribution >= 0.6 is 0 Å². The lowest BCUT2D eigenvalue weighted by Gasteiger charge is -2.07. The molecule has 104 valence electrons. The van der Waals surface area contributed by atoms with Gasteiger partial charge in [0.15, 0.2) is 0 Å². The van der Waals surface area contributed by atoms with Gasteiger partial charge in [0, 0.05) is 17.4 Å². The van der Waals surface area contributed by atoms with Crippen LogP contribution in [-0.4, -0.2) is 25.6 Å². The highest BCUT2D eigenvalue weighted by Gasteiger charge is 2.08. The summed E-state index contributed by atoms with van der Waals surface area (Å²) in [6.07, 6.45) is 2.62. The zero-order valence-electron chi connectivity index (χ0n) is 10.7. The van der Waals surface area contributed by atoms with Crippen LogP contribution in [0.3, 0.4) is 0 Å². The second kappa shape index (κ2) is 5.70. The van der Waals surface area contributed by atoms with Crippen LogP contribution in [0.4, 0.5) is 11.5 Å². The Hall–Kier alpha value is -2.41. The van der Waals surface area contributed by atoms with Gasteiger partial charge in [-0.05, 0) is 30.3 Å². The number of pyridine rings is 1. The van der Waals surface area contributed by atoms with E-state index in [1.165, 1.54) is 6.07 Å². The summed E-state index contributed by atoms with van der Waals surface area (Å²) in [6, 6.07) is 11.4. The van der Waals surface area contributed by atoms with Crippen molar-refractivity contribution in [2.45, 2.75) is 0 Å². The summed E-state index contributed by atoms with van der Waals surface area (Å²) in [5.41, 5.74) is 0.672. The summed E-state index contributed by atoms with van der Waals surface area (Å²) in [5, 5.41) is 2.62. The van der Waals surface area contributed by atoms with Gasteiger partial charge in [-0.15, -0.1) is 0 Å². The molecule has 0 radical (unpaired) electrons. The third-order valence-electron chi connectivity index (χ3n) is 2.33. The largest absolute Gasteiger partial charge is 0.307 e. The van der Waals surface area contributed by atoms with E-state index in [1.807, 2.05) is 0 Å². The maximum atomic E-state index is 12.0. The standard InChI is InChI=1S/C13H13N3O3S/c1-20(18,19)16-11-6-4-5-10(9-11)13(17)15-12-7-2-3-8-14-12/h2-9,16H,1H3,(H,14,15,17). The van der Waals surface area contributed by atoms with Crippen molar-refractivity contribution in [3.63, 3.8) is 0 Å². The molecular weight excluding hydrogens is 278 g/mol. The number of benzene rings is 1. The second-order valence-electron chi connectivity index (χ2n) is 4.12. The van der Waals surface area contributed by atoms with Gasteiger partial charge in [-0.25, -0.2) is 13.4 Å². The van der Waals surface area contributed by atoms with Gasteiger partial charge in [0.25, 0.3) is 5.91 Å². The molecule has 0 saturated carbocycles. The lowest BCUT2D eigenvalue weighted by atomic mass is 10.2. The van der Waals surface area contributed by atoms with Crippen molar-refractivity contribution >= 4 is 27.4 Å². The lowest BCUT2D eigenvalue weighted by molar-refractivity contribution is 0.102. The molecule has 0 aliphatic carbocycles. The van der Waals surface area contributed by atoms with E-state index in [4.69, 9.17) is 0 Å². The van der Waals surface area contributed by atoms with Crippen molar-refractivity contribution in [1.29, 1.82) is 0 Å². The van der Waals surface area contributed by atoms with E-state index in [-0.39, 0.29) is 5.91 Å². The van der Waals surface area contributed by atoms with Crippen molar-refractivity contribution in [3.05, 3.63) is 54.2 Å². The molecule has 2 aromatic rings. The number of carbonyl (C=O) groups excluding carboxylic acids is 1. The Bertz CT molecular complexity index is 715. The fraction of sp³-hybridized carbons (Fsp3) is 0.0769. The van der Waals surface area contributed by atoms with Gasteiger partial charge >= 0.3 is 0 Å². The molecule has 0 aliphatic rings. The van der Waals surface area contributed by atoms with Crippen LogP contribution in [0.2, 0.25) is 0 Å². The molecule has 0 saturated heterocycles. The van der Waals surface area contributed by atoms with Crippen LogP contribution in [0.1, 0.15) is 10.4 Å². The van der Waals surface area contributed by atoms with Gasteiger partial charge < -0.3 is 5.32 Å². The minimum Gasteiger partial charge on any atom is -0.307 e. The van der Waals surface area contributed by atoms with Crippen LogP contribution < -0.4 is 10.0 Å². The van der Waals surface area contributed by atoms with E-state index in [0.717, 1.165) is 6.26 Å². The number of nitrogens with zero attached hydrogens (tertiary/aromatic N) is 1. The molecule has 20 heavy (non-hydrogen) atoms. The Morgan fingerprint density at radius 2 is 1.95 bits per heavy atom. The first-order chi connectivity index (χ1) is 9.44. The van der Waals surface area contributed by atoms with E-state index < -0.39 is 10.0 Å². The Morgan fingerprint density at radius 3 is 2.60 bits per heavy atom. The zero-order valence-corrected chi connectivity index (χ0v) is 11.5. The van der Waals surface area contributed by atoms with Crippen LogP contribution in [0, 0.1) is 0 Å². The second-order valence-corrected chi connectivity index (χ2v) is 5.87. The van der Waals surface area contributed by atoms with E-state index >= 15 is 0 Å². The van der Waals surface area contributed by atoms with Gasteiger partial charge in [0.05, 0.1) is 6.26 Å². The minimum absolute atomic E-state index is 0.334. The maximum absolute atomic E-state index is 12.0. The van der Waals surface area contributed by atoms with Crippen molar-refractivity contribution in [3.8, 4) is 0 Å². The van der Waals surface area contributed by atoms with Gasteiger partial charge in [0.1, 0.15) is 5.82 Å². The molecule has 1 amide bonds. The van der Waals surface area contributed by atoms with Crippen molar-refractivity contribution in [1.82, 2.24) is 4.98 Å². The van der Waals surface area contributed by atoms with Gasteiger partial charge in [-0.3, -0.25) is 9.52 Å². The summed E-state index contributed by atoms with van der Waals surface area (Å²) in [4.78, 5) is 16.0. The summed E-state index contributed by atoms with van der Waals surface area (Å²) in [6.45, 7) is 0. The molecule has 0 aliphatic heterocycles. The highest BCUT2D eigenvalue weighted by Crippen LogP contribution is 2.13. The summed E-state index contributed by atoms with van der Waals surface area (Å²) in [7, 11) is -3.37. The SMILES string of the molecule is CS(=O)(=O)Nc1cccc(C(=O)Nc2ccccn2)c1. The number of aromatic nitrogens is 1. The maximum Gasteiger partial charge on any atom is 0.256 e. The fourth-order valence-corrected chi connectivity index (χ4v) is 2.12. The highest BCUT2D eigenvalue weighted by molar-refractivity contribution is 7.92. The number of hydrogen-bond acceptors (Lipinski definition) is 4. The third-order valence-corrected chi connectivity index (χ3v) is 2.94. The number of anilines is 2. The normalized spacial score (nSPS) is 10.8. The van der Waals surface area contributed by atoms with E-state index in [1.54, 1.807) is 42.6 Å². The Kier molecular flexibility index (Phi) is 3.99. The molecule has 1 aromatic heterocycles. The average molecular weight is 291 g/mol. The number of rotatable bonds is 4. The lowest BCUT2D eigenvalue weighted by Crippen LogP contribution is -2.14. The Morgan fingerprint density at radius 1 is 1.15 bits per heavy atom. The monoisotopic (exact) mass is 291 g/mol. The summed E-state index contributed by atoms with van der Waals surface area (Å²) >= 11 is 0. The first-order valence-electron chi connectivity index (χ1n) is 5.74. The number of sulfonamides is 1. The molecule has 0 bridgehead atoms. The molecule has 1 aromatic carbocycles. The van der Waals surface area contributed by atoms with Gasteiger partial charge in [-0.1, -0.05) is 12.1 Å². The molecule has 1 heterocycles. The number of hydrogen-bond donors (Lipinski definition) is 2. The van der Waals surface area contributed by atoms with Crippen molar-refractivity contribution in [2.75, 3.05) is 16.3 Å². The summed E-state index contributed by atoms with van der Waals surface area (Å²) in [5.74, 6) is 0.0693. The topological polar surface area (TPSA) is 88.2 Å². The molecule has 2 rings (SSSR count). The minimum atomic E-state index is -3.37. The van der Waals surface area contributed by atoms with E-state index in [9.17, 15) is 13.2 Å². The smallest absolute Gasteiger partial charge is 0.256 e. The number of carbonyl (C=O) groups is 1. The molecule has 0 atom stereocenters. The molecule has 0 spiro atoms. The quantitative estimate of drug-likeness (QED) is 0.897. The number of nitrogens with one attached hydrogen (secondary N) is 2. The predicted molar refractivity (Wildman–Crippen MR) is 77.1 cm³/mol. The molecule has 0 unspecified atom stereocenters. The van der Waals surface area contributed by atoms with Crippen LogP contribution in [0.25, 0.3) is 0 Å². The van der Waals surface area contributed by atoms with Gasteiger partial charge in [0.2, 0.25) is 10.0 Å². The van der Waals surface area contributed by atoms with Crippen LogP contribution in [-0.2, 0) is 10.0 Å². The van der Waals surface area contributed by atoms with Crippen LogP contribution in [0.15, 0.2) is 48.7 Å². The molecule has 0 fully saturated rings. The van der Waals surface area contributed by atoms with E-state index in [2.05, 4.69) is 15.0 Å². The molecular formula is C13H13N3O3S. The summed E-state index contributed by atoms with van der Waals surface area (Å²) < 4.78 is 24.6. The van der Waals surface area contributed by atoms with Crippen molar-refractivity contribution in [2.24, 2.45) is 0 Å². The fourth-order valence-electron chi connectivity index (χ4n) is 1.56. The first kappa shape index (κ1) is 14.0. The zero-order chi connectivity index (χ0) is 14.6.